The second kappa shape index (κ2) is 4.66. The molecule has 0 radical (unpaired) electrons. The number of halogens is 1. The van der Waals surface area contributed by atoms with Gasteiger partial charge in [0.2, 0.25) is 0 Å². The van der Waals surface area contributed by atoms with E-state index in [9.17, 15) is 10.2 Å². The summed E-state index contributed by atoms with van der Waals surface area (Å²) in [5.74, 6) is -0.0542. The van der Waals surface area contributed by atoms with Crippen molar-refractivity contribution in [3.8, 4) is 11.5 Å². The van der Waals surface area contributed by atoms with Gasteiger partial charge in [0.1, 0.15) is 6.54 Å². The number of para-hydroxylation sites is 1. The first kappa shape index (κ1) is 13.3. The van der Waals surface area contributed by atoms with Crippen LogP contribution in [0.4, 0.5) is 0 Å². The van der Waals surface area contributed by atoms with Gasteiger partial charge in [-0.2, -0.15) is 0 Å². The van der Waals surface area contributed by atoms with Crippen molar-refractivity contribution in [2.75, 3.05) is 21.1 Å². The van der Waals surface area contributed by atoms with Crippen molar-refractivity contribution in [3.05, 3.63) is 23.8 Å². The minimum atomic E-state index is -0.0500. The van der Waals surface area contributed by atoms with E-state index in [-0.39, 0.29) is 28.5 Å². The molecule has 0 aliphatic rings. The second-order valence-corrected chi connectivity index (χ2v) is 4.23. The molecule has 1 aromatic rings. The second-order valence-electron chi connectivity index (χ2n) is 4.23. The molecule has 0 saturated carbocycles. The van der Waals surface area contributed by atoms with Crippen molar-refractivity contribution in [1.82, 2.24) is 0 Å². The van der Waals surface area contributed by atoms with Gasteiger partial charge in [-0.25, -0.2) is 0 Å². The number of phenols is 2. The molecule has 0 aromatic heterocycles. The predicted octanol–water partition coefficient (Wildman–Crippen LogP) is -1.69. The maximum absolute atomic E-state index is 9.50. The fraction of sp³-hybridized carbons (Fsp3) is 0.400. The van der Waals surface area contributed by atoms with Gasteiger partial charge in [0.25, 0.3) is 0 Å². The standard InChI is InChI=1S/C10H15NO2.BrH/c1-11(2,3)7-8-5-4-6-9(12)10(8)13;/h4-6H,7H2,1-3H3,(H-,12,13);1H. The topological polar surface area (TPSA) is 40.5 Å². The van der Waals surface area contributed by atoms with Crippen LogP contribution in [0, 0.1) is 0 Å². The molecule has 0 amide bonds. The zero-order valence-electron chi connectivity index (χ0n) is 8.66. The van der Waals surface area contributed by atoms with Crippen LogP contribution in [-0.2, 0) is 6.54 Å². The average molecular weight is 262 g/mol. The summed E-state index contributed by atoms with van der Waals surface area (Å²) in [5.41, 5.74) is 0.771. The Kier molecular flexibility index (Phi) is 4.42. The van der Waals surface area contributed by atoms with Crippen LogP contribution in [0.1, 0.15) is 5.56 Å². The smallest absolute Gasteiger partial charge is 0.166 e. The molecule has 0 spiro atoms. The largest absolute Gasteiger partial charge is 1.00 e. The summed E-state index contributed by atoms with van der Waals surface area (Å²) in [7, 11) is 6.09. The van der Waals surface area contributed by atoms with Gasteiger partial charge in [0, 0.05) is 0 Å². The minimum absolute atomic E-state index is 0. The van der Waals surface area contributed by atoms with Crippen LogP contribution in [-0.4, -0.2) is 35.8 Å². The third-order valence-corrected chi connectivity index (χ3v) is 1.74. The van der Waals surface area contributed by atoms with Gasteiger partial charge in [0.15, 0.2) is 11.5 Å². The number of phenolic OH excluding ortho intramolecular Hbond substituents is 2. The van der Waals surface area contributed by atoms with Crippen molar-refractivity contribution < 1.29 is 31.7 Å². The first-order valence-corrected chi connectivity index (χ1v) is 4.20. The molecular weight excluding hydrogens is 246 g/mol. The van der Waals surface area contributed by atoms with E-state index in [4.69, 9.17) is 0 Å². The summed E-state index contributed by atoms with van der Waals surface area (Å²) in [4.78, 5) is 0. The highest BCUT2D eigenvalue weighted by atomic mass is 79.9. The van der Waals surface area contributed by atoms with E-state index in [2.05, 4.69) is 0 Å². The van der Waals surface area contributed by atoms with Gasteiger partial charge in [-0.1, -0.05) is 6.07 Å². The van der Waals surface area contributed by atoms with Gasteiger partial charge in [0.05, 0.1) is 26.7 Å². The number of quaternary nitrogens is 1. The Bertz CT molecular complexity index is 307. The molecule has 14 heavy (non-hydrogen) atoms. The number of rotatable bonds is 2. The lowest BCUT2D eigenvalue weighted by Crippen LogP contribution is -3.00. The molecule has 0 atom stereocenters. The Morgan fingerprint density at radius 1 is 1.14 bits per heavy atom. The number of aromatic hydroxyl groups is 2. The summed E-state index contributed by atoms with van der Waals surface area (Å²) in [5, 5.41) is 18.7. The molecule has 1 rings (SSSR count). The van der Waals surface area contributed by atoms with Crippen molar-refractivity contribution in [2.24, 2.45) is 0 Å². The molecule has 0 unspecified atom stereocenters. The monoisotopic (exact) mass is 261 g/mol. The zero-order valence-corrected chi connectivity index (χ0v) is 10.2. The molecule has 2 N–H and O–H groups in total. The predicted molar refractivity (Wildman–Crippen MR) is 51.5 cm³/mol. The van der Waals surface area contributed by atoms with Crippen LogP contribution in [0.15, 0.2) is 18.2 Å². The van der Waals surface area contributed by atoms with E-state index in [1.54, 1.807) is 6.07 Å². The number of nitrogens with zero attached hydrogens (tertiary/aromatic N) is 1. The molecule has 1 aromatic carbocycles. The molecule has 4 heteroatoms. The van der Waals surface area contributed by atoms with Crippen molar-refractivity contribution in [2.45, 2.75) is 6.54 Å². The number of hydrogen-bond acceptors (Lipinski definition) is 2. The van der Waals surface area contributed by atoms with E-state index in [0.29, 0.717) is 6.54 Å². The normalized spacial score (nSPS) is 10.8. The summed E-state index contributed by atoms with van der Waals surface area (Å²) in [6.45, 7) is 0.695. The summed E-state index contributed by atoms with van der Waals surface area (Å²) in [6.07, 6.45) is 0. The molecule has 0 saturated heterocycles. The fourth-order valence-electron chi connectivity index (χ4n) is 1.22. The SMILES string of the molecule is C[N+](C)(C)Cc1cccc(O)c1O.[Br-]. The van der Waals surface area contributed by atoms with Crippen LogP contribution in [0.25, 0.3) is 0 Å². The van der Waals surface area contributed by atoms with Crippen molar-refractivity contribution in [1.29, 1.82) is 0 Å². The van der Waals surface area contributed by atoms with E-state index in [0.717, 1.165) is 10.0 Å². The van der Waals surface area contributed by atoms with Crippen LogP contribution in [0.3, 0.4) is 0 Å². The van der Waals surface area contributed by atoms with Gasteiger partial charge < -0.3 is 31.7 Å². The highest BCUT2D eigenvalue weighted by molar-refractivity contribution is 5.43. The van der Waals surface area contributed by atoms with Crippen molar-refractivity contribution in [3.63, 3.8) is 0 Å². The zero-order chi connectivity index (χ0) is 10.1. The molecule has 80 valence electrons. The maximum atomic E-state index is 9.50. The molecule has 0 fully saturated rings. The maximum Gasteiger partial charge on any atom is 0.166 e. The van der Waals surface area contributed by atoms with Crippen LogP contribution in [0.2, 0.25) is 0 Å². The van der Waals surface area contributed by atoms with Gasteiger partial charge in [-0.15, -0.1) is 0 Å². The van der Waals surface area contributed by atoms with Crippen LogP contribution < -0.4 is 17.0 Å². The molecule has 0 aliphatic heterocycles. The molecule has 0 bridgehead atoms. The Morgan fingerprint density at radius 3 is 2.21 bits per heavy atom. The lowest BCUT2D eigenvalue weighted by atomic mass is 10.1. The van der Waals surface area contributed by atoms with Gasteiger partial charge >= 0.3 is 0 Å². The summed E-state index contributed by atoms with van der Waals surface area (Å²) in [6, 6.07) is 5.03. The van der Waals surface area contributed by atoms with E-state index >= 15 is 0 Å². The third kappa shape index (κ3) is 3.55. The number of hydrogen-bond donors (Lipinski definition) is 2. The summed E-state index contributed by atoms with van der Waals surface area (Å²) < 4.78 is 0.719. The molecule has 0 aliphatic carbocycles. The fourth-order valence-corrected chi connectivity index (χ4v) is 1.22. The molecule has 3 nitrogen and oxygen atoms in total. The quantitative estimate of drug-likeness (QED) is 0.493. The molecular formula is C10H16BrNO2. The van der Waals surface area contributed by atoms with Crippen molar-refractivity contribution >= 4 is 0 Å². The van der Waals surface area contributed by atoms with Crippen LogP contribution in [0.5, 0.6) is 11.5 Å². The van der Waals surface area contributed by atoms with Gasteiger partial charge in [-0.3, -0.25) is 0 Å². The Labute approximate surface area is 95.0 Å². The Balaban J connectivity index is 0.00000169. The summed E-state index contributed by atoms with van der Waals surface area (Å²) >= 11 is 0. The molecule has 0 heterocycles. The Hall–Kier alpha value is -0.740. The van der Waals surface area contributed by atoms with E-state index in [1.807, 2.05) is 27.2 Å². The highest BCUT2D eigenvalue weighted by Crippen LogP contribution is 2.29. The third-order valence-electron chi connectivity index (χ3n) is 1.74. The van der Waals surface area contributed by atoms with Crippen LogP contribution >= 0.6 is 0 Å². The highest BCUT2D eigenvalue weighted by Gasteiger charge is 2.13. The lowest BCUT2D eigenvalue weighted by Gasteiger charge is -2.24. The average Bonchev–Trinajstić information content (AvgIpc) is 1.96. The van der Waals surface area contributed by atoms with E-state index in [1.165, 1.54) is 6.07 Å². The lowest BCUT2D eigenvalue weighted by molar-refractivity contribution is -0.884. The Morgan fingerprint density at radius 2 is 1.71 bits per heavy atom. The minimum Gasteiger partial charge on any atom is -1.00 e. The number of benzene rings is 1. The first-order valence-electron chi connectivity index (χ1n) is 4.20. The van der Waals surface area contributed by atoms with E-state index < -0.39 is 0 Å². The first-order chi connectivity index (χ1) is 5.90. The van der Waals surface area contributed by atoms with Gasteiger partial charge in [-0.05, 0) is 12.1 Å².